The Bertz CT molecular complexity index is 449. The van der Waals surface area contributed by atoms with Crippen molar-refractivity contribution in [3.05, 3.63) is 35.9 Å². The third-order valence-electron chi connectivity index (χ3n) is 4.60. The summed E-state index contributed by atoms with van der Waals surface area (Å²) in [6.45, 7) is 3.10. The Hall–Kier alpha value is -0.780. The zero-order valence-corrected chi connectivity index (χ0v) is 15.7. The fourth-order valence-corrected chi connectivity index (χ4v) is 3.34. The van der Waals surface area contributed by atoms with Gasteiger partial charge in [-0.3, -0.25) is 0 Å². The number of benzene rings is 1. The van der Waals surface area contributed by atoms with Crippen molar-refractivity contribution >= 4 is 29.9 Å². The number of hydrogen-bond acceptors (Lipinski definition) is 1. The van der Waals surface area contributed by atoms with Gasteiger partial charge < -0.3 is 10.2 Å². The fraction of sp³-hybridized carbons (Fsp3) is 0.611. The van der Waals surface area contributed by atoms with Gasteiger partial charge in [0.25, 0.3) is 0 Å². The van der Waals surface area contributed by atoms with Crippen LogP contribution in [0.3, 0.4) is 0 Å². The molecule has 1 aliphatic carbocycles. The quantitative estimate of drug-likeness (QED) is 0.458. The van der Waals surface area contributed by atoms with E-state index in [-0.39, 0.29) is 24.0 Å². The second kappa shape index (κ2) is 9.38. The van der Waals surface area contributed by atoms with Crippen LogP contribution in [-0.4, -0.2) is 30.0 Å². The lowest BCUT2D eigenvalue weighted by Gasteiger charge is -2.29. The van der Waals surface area contributed by atoms with Crippen LogP contribution < -0.4 is 5.32 Å². The largest absolute Gasteiger partial charge is 0.353 e. The van der Waals surface area contributed by atoms with E-state index in [1.165, 1.54) is 50.5 Å². The number of nitrogens with one attached hydrogen (secondary N) is 1. The zero-order chi connectivity index (χ0) is 14.3. The predicted molar refractivity (Wildman–Crippen MR) is 104 cm³/mol. The maximum atomic E-state index is 4.90. The SMILES string of the molecule is I.c1ccc(CN=C(NC2CCCCC2)N2CCCC2)cc1. The average Bonchev–Trinajstić information content (AvgIpc) is 3.08. The van der Waals surface area contributed by atoms with Gasteiger partial charge in [0.05, 0.1) is 6.54 Å². The second-order valence-corrected chi connectivity index (χ2v) is 6.30. The summed E-state index contributed by atoms with van der Waals surface area (Å²) in [6.07, 6.45) is 9.34. The molecule has 4 heteroatoms. The first-order valence-corrected chi connectivity index (χ1v) is 8.52. The second-order valence-electron chi connectivity index (χ2n) is 6.30. The van der Waals surface area contributed by atoms with E-state index in [1.54, 1.807) is 0 Å². The summed E-state index contributed by atoms with van der Waals surface area (Å²) in [5.41, 5.74) is 1.29. The molecule has 0 amide bonds. The monoisotopic (exact) mass is 413 g/mol. The lowest BCUT2D eigenvalue weighted by Crippen LogP contribution is -2.45. The fourth-order valence-electron chi connectivity index (χ4n) is 3.34. The van der Waals surface area contributed by atoms with E-state index < -0.39 is 0 Å². The minimum absolute atomic E-state index is 0. The minimum Gasteiger partial charge on any atom is -0.353 e. The molecule has 0 aromatic heterocycles. The zero-order valence-electron chi connectivity index (χ0n) is 13.3. The van der Waals surface area contributed by atoms with Crippen LogP contribution >= 0.6 is 24.0 Å². The molecule has 1 aliphatic heterocycles. The lowest BCUT2D eigenvalue weighted by atomic mass is 9.96. The van der Waals surface area contributed by atoms with Crippen LogP contribution in [0.1, 0.15) is 50.5 Å². The highest BCUT2D eigenvalue weighted by atomic mass is 127. The van der Waals surface area contributed by atoms with Gasteiger partial charge in [-0.2, -0.15) is 0 Å². The summed E-state index contributed by atoms with van der Waals surface area (Å²) in [7, 11) is 0. The summed E-state index contributed by atoms with van der Waals surface area (Å²) >= 11 is 0. The van der Waals surface area contributed by atoms with Crippen LogP contribution in [0, 0.1) is 0 Å². The van der Waals surface area contributed by atoms with Crippen molar-refractivity contribution < 1.29 is 0 Å². The van der Waals surface area contributed by atoms with Crippen molar-refractivity contribution in [2.45, 2.75) is 57.5 Å². The number of likely N-dealkylation sites (tertiary alicyclic amines) is 1. The van der Waals surface area contributed by atoms with E-state index in [9.17, 15) is 0 Å². The van der Waals surface area contributed by atoms with Gasteiger partial charge in [0.1, 0.15) is 0 Å². The first kappa shape index (κ1) is 17.6. The Morgan fingerprint density at radius 3 is 2.36 bits per heavy atom. The third kappa shape index (κ3) is 5.14. The van der Waals surface area contributed by atoms with Gasteiger partial charge in [-0.1, -0.05) is 49.6 Å². The molecule has 2 fully saturated rings. The van der Waals surface area contributed by atoms with E-state index >= 15 is 0 Å². The third-order valence-corrected chi connectivity index (χ3v) is 4.60. The van der Waals surface area contributed by atoms with Crippen molar-refractivity contribution in [1.82, 2.24) is 10.2 Å². The van der Waals surface area contributed by atoms with Crippen molar-refractivity contribution in [1.29, 1.82) is 0 Å². The van der Waals surface area contributed by atoms with Gasteiger partial charge in [0.15, 0.2) is 5.96 Å². The molecule has 22 heavy (non-hydrogen) atoms. The topological polar surface area (TPSA) is 27.6 Å². The lowest BCUT2D eigenvalue weighted by molar-refractivity contribution is 0.389. The van der Waals surface area contributed by atoms with Crippen LogP contribution in [0.5, 0.6) is 0 Å². The summed E-state index contributed by atoms with van der Waals surface area (Å²) in [6, 6.07) is 11.2. The van der Waals surface area contributed by atoms with Crippen LogP contribution in [0.25, 0.3) is 0 Å². The van der Waals surface area contributed by atoms with Crippen molar-refractivity contribution in [3.63, 3.8) is 0 Å². The Kier molecular flexibility index (Phi) is 7.49. The van der Waals surface area contributed by atoms with Gasteiger partial charge in [-0.15, -0.1) is 24.0 Å². The van der Waals surface area contributed by atoms with Crippen molar-refractivity contribution in [2.24, 2.45) is 4.99 Å². The molecule has 122 valence electrons. The molecule has 2 aliphatic rings. The highest BCUT2D eigenvalue weighted by molar-refractivity contribution is 14.0. The molecule has 3 nitrogen and oxygen atoms in total. The summed E-state index contributed by atoms with van der Waals surface area (Å²) in [5, 5.41) is 3.74. The first-order chi connectivity index (χ1) is 10.4. The Balaban J connectivity index is 0.00000176. The van der Waals surface area contributed by atoms with Crippen molar-refractivity contribution in [2.75, 3.05) is 13.1 Å². The average molecular weight is 413 g/mol. The van der Waals surface area contributed by atoms with E-state index in [0.29, 0.717) is 6.04 Å². The van der Waals surface area contributed by atoms with Gasteiger partial charge in [0, 0.05) is 19.1 Å². The summed E-state index contributed by atoms with van der Waals surface area (Å²) < 4.78 is 0. The highest BCUT2D eigenvalue weighted by Crippen LogP contribution is 2.18. The van der Waals surface area contributed by atoms with Crippen LogP contribution in [0.2, 0.25) is 0 Å². The molecule has 1 aromatic rings. The van der Waals surface area contributed by atoms with E-state index in [0.717, 1.165) is 25.6 Å². The summed E-state index contributed by atoms with van der Waals surface area (Å²) in [5.74, 6) is 1.14. The van der Waals surface area contributed by atoms with Gasteiger partial charge in [-0.05, 0) is 31.2 Å². The molecule has 1 N–H and O–H groups in total. The maximum Gasteiger partial charge on any atom is 0.194 e. The van der Waals surface area contributed by atoms with Crippen molar-refractivity contribution in [3.8, 4) is 0 Å². The van der Waals surface area contributed by atoms with E-state index in [4.69, 9.17) is 4.99 Å². The number of rotatable bonds is 3. The molecule has 1 saturated carbocycles. The molecule has 0 bridgehead atoms. The predicted octanol–water partition coefficient (Wildman–Crippen LogP) is 4.18. The molecule has 0 radical (unpaired) electrons. The van der Waals surface area contributed by atoms with E-state index in [2.05, 4.69) is 40.5 Å². The van der Waals surface area contributed by atoms with Crippen LogP contribution in [0.15, 0.2) is 35.3 Å². The maximum absolute atomic E-state index is 4.90. The number of halogens is 1. The highest BCUT2D eigenvalue weighted by Gasteiger charge is 2.20. The Labute approximate surface area is 151 Å². The smallest absolute Gasteiger partial charge is 0.194 e. The molecular formula is C18H28IN3. The Morgan fingerprint density at radius 1 is 1.00 bits per heavy atom. The van der Waals surface area contributed by atoms with Crippen LogP contribution in [-0.2, 0) is 6.54 Å². The minimum atomic E-state index is 0. The van der Waals surface area contributed by atoms with Crippen LogP contribution in [0.4, 0.5) is 0 Å². The number of aliphatic imine (C=N–C) groups is 1. The van der Waals surface area contributed by atoms with Gasteiger partial charge in [0.2, 0.25) is 0 Å². The first-order valence-electron chi connectivity index (χ1n) is 8.52. The molecule has 1 heterocycles. The molecule has 0 atom stereocenters. The Morgan fingerprint density at radius 2 is 1.68 bits per heavy atom. The molecule has 1 saturated heterocycles. The summed E-state index contributed by atoms with van der Waals surface area (Å²) in [4.78, 5) is 7.34. The molecule has 0 spiro atoms. The standard InChI is InChI=1S/C18H27N3.HI/c1-3-9-16(10-4-1)15-19-18(21-13-7-8-14-21)20-17-11-5-2-6-12-17;/h1,3-4,9-10,17H,2,5-8,11-15H2,(H,19,20);1H. The van der Waals surface area contributed by atoms with Gasteiger partial charge in [-0.25, -0.2) is 4.99 Å². The number of hydrogen-bond donors (Lipinski definition) is 1. The molecule has 3 rings (SSSR count). The number of nitrogens with zero attached hydrogens (tertiary/aromatic N) is 2. The normalized spacial score (nSPS) is 19.8. The molecule has 1 aromatic carbocycles. The number of guanidine groups is 1. The molecular weight excluding hydrogens is 385 g/mol. The molecule has 0 unspecified atom stereocenters. The van der Waals surface area contributed by atoms with Gasteiger partial charge >= 0.3 is 0 Å². The van der Waals surface area contributed by atoms with E-state index in [1.807, 2.05) is 0 Å².